The van der Waals surface area contributed by atoms with Crippen LogP contribution in [0.15, 0.2) is 115 Å². The molecular weight excluding hydrogens is 452 g/mol. The highest BCUT2D eigenvalue weighted by atomic mass is 35.5. The molecule has 7 rings (SSSR count). The number of fused-ring (bicyclic) bond motifs is 6. The van der Waals surface area contributed by atoms with Crippen LogP contribution in [0.25, 0.3) is 64.0 Å². The molecule has 1 aromatic heterocycles. The Balaban J connectivity index is 1.57. The molecule has 0 atom stereocenters. The van der Waals surface area contributed by atoms with Gasteiger partial charge in [0.15, 0.2) is 0 Å². The molecule has 1 heterocycles. The van der Waals surface area contributed by atoms with E-state index in [1.807, 2.05) is 12.1 Å². The Labute approximate surface area is 206 Å². The Morgan fingerprint density at radius 3 is 1.79 bits per heavy atom. The second kappa shape index (κ2) is 7.70. The van der Waals surface area contributed by atoms with Crippen molar-refractivity contribution in [3.63, 3.8) is 0 Å². The smallest absolute Gasteiger partial charge is 0.0584 e. The maximum absolute atomic E-state index is 6.59. The molecule has 160 valence electrons. The van der Waals surface area contributed by atoms with E-state index in [0.717, 1.165) is 9.72 Å². The van der Waals surface area contributed by atoms with Gasteiger partial charge in [0.1, 0.15) is 0 Å². The molecule has 0 spiro atoms. The molecule has 7 aromatic rings. The molecule has 0 saturated heterocycles. The summed E-state index contributed by atoms with van der Waals surface area (Å²) in [4.78, 5) is 0. The van der Waals surface area contributed by atoms with Gasteiger partial charge in [-0.05, 0) is 50.4 Å². The Kier molecular flexibility index (Phi) is 4.48. The van der Waals surface area contributed by atoms with Gasteiger partial charge in [-0.25, -0.2) is 0 Å². The largest absolute Gasteiger partial charge is 0.133 e. The number of hydrogen-bond donors (Lipinski definition) is 0. The van der Waals surface area contributed by atoms with Crippen LogP contribution in [-0.4, -0.2) is 0 Å². The summed E-state index contributed by atoms with van der Waals surface area (Å²) < 4.78 is 2.43. The number of rotatable bonds is 2. The quantitative estimate of drug-likeness (QED) is 0.220. The Bertz CT molecular complexity index is 1880. The molecule has 0 aliphatic rings. The lowest BCUT2D eigenvalue weighted by atomic mass is 9.89. The van der Waals surface area contributed by atoms with Crippen LogP contribution in [0.5, 0.6) is 0 Å². The summed E-state index contributed by atoms with van der Waals surface area (Å²) in [7, 11) is 0. The zero-order chi connectivity index (χ0) is 22.6. The van der Waals surface area contributed by atoms with E-state index in [2.05, 4.69) is 103 Å². The first-order valence-corrected chi connectivity index (χ1v) is 12.6. The van der Waals surface area contributed by atoms with Gasteiger partial charge in [0.05, 0.1) is 9.72 Å². The predicted molar refractivity (Wildman–Crippen MR) is 150 cm³/mol. The van der Waals surface area contributed by atoms with Crippen molar-refractivity contribution in [3.8, 4) is 22.3 Å². The molecule has 0 radical (unpaired) electrons. The number of thiophene rings is 1. The first kappa shape index (κ1) is 19.8. The molecule has 0 aliphatic carbocycles. The van der Waals surface area contributed by atoms with Crippen LogP contribution >= 0.6 is 22.9 Å². The third-order valence-electron chi connectivity index (χ3n) is 6.75. The van der Waals surface area contributed by atoms with Gasteiger partial charge in [0.25, 0.3) is 0 Å². The van der Waals surface area contributed by atoms with Crippen LogP contribution < -0.4 is 0 Å². The van der Waals surface area contributed by atoms with E-state index in [0.29, 0.717) is 0 Å². The van der Waals surface area contributed by atoms with E-state index in [1.165, 1.54) is 59.3 Å². The zero-order valence-corrected chi connectivity index (χ0v) is 19.8. The average molecular weight is 471 g/mol. The van der Waals surface area contributed by atoms with Crippen molar-refractivity contribution in [2.45, 2.75) is 0 Å². The molecule has 0 aliphatic heterocycles. The number of hydrogen-bond acceptors (Lipinski definition) is 1. The summed E-state index contributed by atoms with van der Waals surface area (Å²) in [6.07, 6.45) is 0. The summed E-state index contributed by atoms with van der Waals surface area (Å²) in [5.74, 6) is 0. The normalized spacial score (nSPS) is 11.7. The van der Waals surface area contributed by atoms with E-state index in [-0.39, 0.29) is 0 Å². The van der Waals surface area contributed by atoms with Gasteiger partial charge in [0.2, 0.25) is 0 Å². The summed E-state index contributed by atoms with van der Waals surface area (Å²) >= 11 is 8.37. The molecule has 2 heteroatoms. The fourth-order valence-electron chi connectivity index (χ4n) is 5.23. The lowest BCUT2D eigenvalue weighted by molar-refractivity contribution is 1.64. The first-order chi connectivity index (χ1) is 16.8. The Hall–Kier alpha value is -3.65. The fraction of sp³-hybridized carbons (Fsp3) is 0. The predicted octanol–water partition coefficient (Wildman–Crippen LogP) is 10.3. The summed E-state index contributed by atoms with van der Waals surface area (Å²) in [6.45, 7) is 0. The third-order valence-corrected chi connectivity index (χ3v) is 8.47. The molecule has 0 fully saturated rings. The van der Waals surface area contributed by atoms with Crippen molar-refractivity contribution in [1.29, 1.82) is 0 Å². The number of halogens is 1. The fourth-order valence-corrected chi connectivity index (χ4v) is 6.75. The van der Waals surface area contributed by atoms with E-state index >= 15 is 0 Å². The van der Waals surface area contributed by atoms with Gasteiger partial charge in [-0.15, -0.1) is 11.3 Å². The standard InChI is InChI=1S/C32H19ClS/c33-30-18-8-17-28-27-16-7-15-26(31(27)34-32(28)30)23-12-4-6-14-25(23)29-19-20-9-1-2-10-21(20)22-11-3-5-13-24(22)29/h1-19H. The van der Waals surface area contributed by atoms with E-state index in [1.54, 1.807) is 11.3 Å². The summed E-state index contributed by atoms with van der Waals surface area (Å²) in [6, 6.07) is 41.4. The molecule has 0 saturated carbocycles. The van der Waals surface area contributed by atoms with Crippen molar-refractivity contribution in [2.24, 2.45) is 0 Å². The lowest BCUT2D eigenvalue weighted by Gasteiger charge is -2.15. The Morgan fingerprint density at radius 2 is 0.971 bits per heavy atom. The van der Waals surface area contributed by atoms with Gasteiger partial charge < -0.3 is 0 Å². The van der Waals surface area contributed by atoms with Crippen LogP contribution in [0.3, 0.4) is 0 Å². The van der Waals surface area contributed by atoms with Crippen LogP contribution in [0.1, 0.15) is 0 Å². The maximum atomic E-state index is 6.59. The van der Waals surface area contributed by atoms with Gasteiger partial charge in [-0.2, -0.15) is 0 Å². The highest BCUT2D eigenvalue weighted by Gasteiger charge is 2.16. The van der Waals surface area contributed by atoms with E-state index < -0.39 is 0 Å². The van der Waals surface area contributed by atoms with Gasteiger partial charge in [-0.1, -0.05) is 115 Å². The molecule has 0 N–H and O–H groups in total. The SMILES string of the molecule is Clc1cccc2c1sc1c(-c3ccccc3-c3cc4ccccc4c4ccccc34)cccc12. The minimum absolute atomic E-state index is 0.818. The molecule has 6 aromatic carbocycles. The monoisotopic (exact) mass is 470 g/mol. The van der Waals surface area contributed by atoms with Crippen LogP contribution in [0.2, 0.25) is 5.02 Å². The van der Waals surface area contributed by atoms with Gasteiger partial charge in [-0.3, -0.25) is 0 Å². The van der Waals surface area contributed by atoms with Gasteiger partial charge in [0, 0.05) is 21.0 Å². The highest BCUT2D eigenvalue weighted by molar-refractivity contribution is 7.27. The maximum Gasteiger partial charge on any atom is 0.0584 e. The molecule has 0 bridgehead atoms. The summed E-state index contributed by atoms with van der Waals surface area (Å²) in [5, 5.41) is 8.43. The average Bonchev–Trinajstić information content (AvgIpc) is 3.29. The van der Waals surface area contributed by atoms with E-state index in [9.17, 15) is 0 Å². The van der Waals surface area contributed by atoms with Crippen molar-refractivity contribution in [1.82, 2.24) is 0 Å². The van der Waals surface area contributed by atoms with Crippen molar-refractivity contribution >= 4 is 64.7 Å². The topological polar surface area (TPSA) is 0 Å². The van der Waals surface area contributed by atoms with Gasteiger partial charge >= 0.3 is 0 Å². The second-order valence-electron chi connectivity index (χ2n) is 8.64. The van der Waals surface area contributed by atoms with Crippen molar-refractivity contribution in [2.75, 3.05) is 0 Å². The Morgan fingerprint density at radius 1 is 0.412 bits per heavy atom. The van der Waals surface area contributed by atoms with Crippen LogP contribution in [0, 0.1) is 0 Å². The van der Waals surface area contributed by atoms with Crippen molar-refractivity contribution < 1.29 is 0 Å². The first-order valence-electron chi connectivity index (χ1n) is 11.4. The zero-order valence-electron chi connectivity index (χ0n) is 18.3. The molecule has 34 heavy (non-hydrogen) atoms. The lowest BCUT2D eigenvalue weighted by Crippen LogP contribution is -1.88. The molecule has 0 amide bonds. The van der Waals surface area contributed by atoms with Crippen LogP contribution in [-0.2, 0) is 0 Å². The van der Waals surface area contributed by atoms with Crippen molar-refractivity contribution in [3.05, 3.63) is 120 Å². The summed E-state index contributed by atoms with van der Waals surface area (Å²) in [5.41, 5.74) is 5.01. The molecular formula is C32H19ClS. The highest BCUT2D eigenvalue weighted by Crippen LogP contribution is 2.45. The minimum Gasteiger partial charge on any atom is -0.133 e. The van der Waals surface area contributed by atoms with Crippen LogP contribution in [0.4, 0.5) is 0 Å². The minimum atomic E-state index is 0.818. The van der Waals surface area contributed by atoms with E-state index in [4.69, 9.17) is 11.6 Å². The number of benzene rings is 6. The third kappa shape index (κ3) is 2.91. The second-order valence-corrected chi connectivity index (χ2v) is 10.1. The molecule has 0 nitrogen and oxygen atoms in total. The molecule has 0 unspecified atom stereocenters.